The molecule has 8 heteroatoms. The Morgan fingerprint density at radius 1 is 1.32 bits per heavy atom. The van der Waals surface area contributed by atoms with E-state index < -0.39 is 0 Å². The van der Waals surface area contributed by atoms with Crippen LogP contribution >= 0.6 is 11.3 Å². The summed E-state index contributed by atoms with van der Waals surface area (Å²) in [6, 6.07) is 0.393. The second kappa shape index (κ2) is 6.19. The fourth-order valence-corrected chi connectivity index (χ4v) is 4.86. The summed E-state index contributed by atoms with van der Waals surface area (Å²) >= 11 is 1.79. The molecule has 0 radical (unpaired) electrons. The highest BCUT2D eigenvalue weighted by Crippen LogP contribution is 2.29. The lowest BCUT2D eigenvalue weighted by molar-refractivity contribution is -0.117. The first-order valence-corrected chi connectivity index (χ1v) is 9.70. The molecular weight excluding hydrogens is 338 g/mol. The van der Waals surface area contributed by atoms with Crippen molar-refractivity contribution >= 4 is 22.9 Å². The summed E-state index contributed by atoms with van der Waals surface area (Å²) in [5.41, 5.74) is 2.17. The van der Waals surface area contributed by atoms with Gasteiger partial charge in [0, 0.05) is 38.7 Å². The van der Waals surface area contributed by atoms with Crippen molar-refractivity contribution in [3.05, 3.63) is 28.0 Å². The number of ether oxygens (including phenoxy) is 1. The maximum absolute atomic E-state index is 11.8. The van der Waals surface area contributed by atoms with Crippen molar-refractivity contribution < 1.29 is 9.53 Å². The number of amides is 1. The molecule has 0 bridgehead atoms. The van der Waals surface area contributed by atoms with E-state index in [1.165, 1.54) is 15.6 Å². The summed E-state index contributed by atoms with van der Waals surface area (Å²) in [6.07, 6.45) is 6.39. The number of thiazole rings is 1. The van der Waals surface area contributed by atoms with Crippen molar-refractivity contribution in [3.63, 3.8) is 0 Å². The van der Waals surface area contributed by atoms with E-state index in [-0.39, 0.29) is 5.91 Å². The van der Waals surface area contributed by atoms with E-state index in [2.05, 4.69) is 10.00 Å². The largest absolute Gasteiger partial charge is 0.375 e. The van der Waals surface area contributed by atoms with Gasteiger partial charge in [-0.15, -0.1) is 11.3 Å². The molecule has 0 aliphatic carbocycles. The summed E-state index contributed by atoms with van der Waals surface area (Å²) in [4.78, 5) is 22.2. The average molecular weight is 359 g/mol. The maximum atomic E-state index is 11.8. The molecule has 3 aliphatic rings. The van der Waals surface area contributed by atoms with Gasteiger partial charge in [-0.1, -0.05) is 0 Å². The maximum Gasteiger partial charge on any atom is 0.227 e. The minimum Gasteiger partial charge on any atom is -0.375 e. The standard InChI is InChI=1S/C17H21N5O2S/c23-17-2-1-4-21(17)12-6-18-22(9-12)13-7-20(8-13)10-16-19-14-3-5-24-11-15(14)25-16/h6,9,13H,1-5,7-8,10-11H2. The van der Waals surface area contributed by atoms with E-state index in [0.717, 1.165) is 57.9 Å². The highest BCUT2D eigenvalue weighted by Gasteiger charge is 2.31. The van der Waals surface area contributed by atoms with Crippen molar-refractivity contribution in [2.75, 3.05) is 31.1 Å². The summed E-state index contributed by atoms with van der Waals surface area (Å²) in [5.74, 6) is 0.214. The van der Waals surface area contributed by atoms with Crippen molar-refractivity contribution in [2.45, 2.75) is 38.5 Å². The highest BCUT2D eigenvalue weighted by atomic mass is 32.1. The second-order valence-electron chi connectivity index (χ2n) is 6.96. The zero-order valence-corrected chi connectivity index (χ0v) is 14.9. The Morgan fingerprint density at radius 2 is 2.24 bits per heavy atom. The van der Waals surface area contributed by atoms with Crippen LogP contribution in [0.4, 0.5) is 5.69 Å². The van der Waals surface area contributed by atoms with Gasteiger partial charge in [0.15, 0.2) is 0 Å². The second-order valence-corrected chi connectivity index (χ2v) is 8.12. The first kappa shape index (κ1) is 15.5. The lowest BCUT2D eigenvalue weighted by atomic mass is 10.1. The molecule has 1 amide bonds. The van der Waals surface area contributed by atoms with Crippen molar-refractivity contribution in [2.24, 2.45) is 0 Å². The SMILES string of the molecule is O=C1CCCN1c1cnn(C2CN(Cc3nc4c(s3)COCC4)C2)c1. The first-order valence-electron chi connectivity index (χ1n) is 8.88. The Labute approximate surface area is 150 Å². The molecule has 2 saturated heterocycles. The van der Waals surface area contributed by atoms with Gasteiger partial charge >= 0.3 is 0 Å². The summed E-state index contributed by atoms with van der Waals surface area (Å²) in [7, 11) is 0. The number of hydrogen-bond donors (Lipinski definition) is 0. The molecule has 0 aromatic carbocycles. The third kappa shape index (κ3) is 2.88. The zero-order chi connectivity index (χ0) is 16.8. The van der Waals surface area contributed by atoms with E-state index in [1.807, 2.05) is 22.0 Å². The van der Waals surface area contributed by atoms with E-state index in [9.17, 15) is 4.79 Å². The third-order valence-corrected chi connectivity index (χ3v) is 6.24. The van der Waals surface area contributed by atoms with Gasteiger partial charge < -0.3 is 9.64 Å². The first-order chi connectivity index (χ1) is 12.3. The van der Waals surface area contributed by atoms with Gasteiger partial charge in [-0.05, 0) is 6.42 Å². The van der Waals surface area contributed by atoms with E-state index in [4.69, 9.17) is 9.72 Å². The molecule has 5 rings (SSSR count). The molecule has 5 heterocycles. The van der Waals surface area contributed by atoms with Crippen LogP contribution in [0.5, 0.6) is 0 Å². The van der Waals surface area contributed by atoms with E-state index in [0.29, 0.717) is 12.5 Å². The fourth-order valence-electron chi connectivity index (χ4n) is 3.76. The number of carbonyl (C=O) groups excluding carboxylic acids is 1. The van der Waals surface area contributed by atoms with Gasteiger partial charge in [0.2, 0.25) is 5.91 Å². The molecule has 0 saturated carbocycles. The lowest BCUT2D eigenvalue weighted by Crippen LogP contribution is -2.47. The van der Waals surface area contributed by atoms with Crippen molar-refractivity contribution in [1.82, 2.24) is 19.7 Å². The average Bonchev–Trinajstić information content (AvgIpc) is 3.28. The molecule has 2 aromatic rings. The lowest BCUT2D eigenvalue weighted by Gasteiger charge is -2.38. The van der Waals surface area contributed by atoms with Crippen LogP contribution in [-0.2, 0) is 29.1 Å². The molecule has 7 nitrogen and oxygen atoms in total. The zero-order valence-electron chi connectivity index (χ0n) is 14.1. The third-order valence-electron chi connectivity index (χ3n) is 5.18. The minimum atomic E-state index is 0.214. The highest BCUT2D eigenvalue weighted by molar-refractivity contribution is 7.11. The van der Waals surface area contributed by atoms with Crippen LogP contribution < -0.4 is 4.90 Å². The number of carbonyl (C=O) groups is 1. The molecule has 0 unspecified atom stereocenters. The number of rotatable bonds is 4. The normalized spacial score (nSPS) is 21.6. The molecule has 3 aliphatic heterocycles. The Bertz CT molecular complexity index is 771. The number of hydrogen-bond acceptors (Lipinski definition) is 6. The Hall–Kier alpha value is -1.77. The van der Waals surface area contributed by atoms with E-state index >= 15 is 0 Å². The van der Waals surface area contributed by atoms with Crippen molar-refractivity contribution in [3.8, 4) is 0 Å². The summed E-state index contributed by atoms with van der Waals surface area (Å²) in [5, 5.41) is 5.67. The number of anilines is 1. The Kier molecular flexibility index (Phi) is 3.83. The minimum absolute atomic E-state index is 0.214. The Morgan fingerprint density at radius 3 is 3.04 bits per heavy atom. The van der Waals surface area contributed by atoms with Crippen LogP contribution in [0, 0.1) is 0 Å². The molecule has 0 spiro atoms. The molecule has 25 heavy (non-hydrogen) atoms. The predicted molar refractivity (Wildman–Crippen MR) is 93.6 cm³/mol. The molecule has 0 atom stereocenters. The van der Waals surface area contributed by atoms with Crippen LogP contribution in [0.15, 0.2) is 12.4 Å². The monoisotopic (exact) mass is 359 g/mol. The molecule has 2 aromatic heterocycles. The van der Waals surface area contributed by atoms with Gasteiger partial charge in [0.25, 0.3) is 0 Å². The van der Waals surface area contributed by atoms with Crippen LogP contribution in [0.25, 0.3) is 0 Å². The van der Waals surface area contributed by atoms with Crippen LogP contribution in [-0.4, -0.2) is 51.8 Å². The number of nitrogens with zero attached hydrogens (tertiary/aromatic N) is 5. The number of fused-ring (bicyclic) bond motifs is 1. The van der Waals surface area contributed by atoms with Gasteiger partial charge in [-0.25, -0.2) is 4.98 Å². The van der Waals surface area contributed by atoms with Gasteiger partial charge in [0.1, 0.15) is 5.01 Å². The Balaban J connectivity index is 1.19. The van der Waals surface area contributed by atoms with Crippen LogP contribution in [0.3, 0.4) is 0 Å². The quantitative estimate of drug-likeness (QED) is 0.830. The molecule has 2 fully saturated rings. The number of likely N-dealkylation sites (tertiary alicyclic amines) is 1. The van der Waals surface area contributed by atoms with Crippen molar-refractivity contribution in [1.29, 1.82) is 0 Å². The summed E-state index contributed by atoms with van der Waals surface area (Å²) in [6.45, 7) is 5.21. The predicted octanol–water partition coefficient (Wildman–Crippen LogP) is 1.60. The summed E-state index contributed by atoms with van der Waals surface area (Å²) < 4.78 is 7.51. The fraction of sp³-hybridized carbons (Fsp3) is 0.588. The molecule has 132 valence electrons. The molecule has 0 N–H and O–H groups in total. The van der Waals surface area contributed by atoms with Gasteiger partial charge in [0.05, 0.1) is 48.3 Å². The van der Waals surface area contributed by atoms with Crippen LogP contribution in [0.1, 0.15) is 34.5 Å². The number of aromatic nitrogens is 3. The van der Waals surface area contributed by atoms with Gasteiger partial charge in [-0.2, -0.15) is 5.10 Å². The van der Waals surface area contributed by atoms with E-state index in [1.54, 1.807) is 11.3 Å². The molecular formula is C17H21N5O2S. The topological polar surface area (TPSA) is 63.5 Å². The van der Waals surface area contributed by atoms with Gasteiger partial charge in [-0.3, -0.25) is 14.4 Å². The van der Waals surface area contributed by atoms with Crippen LogP contribution in [0.2, 0.25) is 0 Å². The smallest absolute Gasteiger partial charge is 0.227 e.